The van der Waals surface area contributed by atoms with Gasteiger partial charge in [0, 0.05) is 23.6 Å². The number of hydrogen-bond donors (Lipinski definition) is 3. The molecule has 0 aliphatic rings. The molecule has 0 fully saturated rings. The third kappa shape index (κ3) is 11.5. The minimum atomic E-state index is -8.71. The van der Waals surface area contributed by atoms with E-state index in [1.54, 1.807) is 26.0 Å². The highest BCUT2D eigenvalue weighted by molar-refractivity contribution is 6.76. The van der Waals surface area contributed by atoms with Crippen LogP contribution in [0.3, 0.4) is 0 Å². The summed E-state index contributed by atoms with van der Waals surface area (Å²) in [7, 11) is -2.60. The SMILES string of the molecule is COc1ccc(NC(=O)O[C@H](c2ccc(OCCO[Si](CCC(F)(F)C(F)(F)C(F)(F)C(F)(F)C(F)(F)C(F)(F)C(F)(F)C(F)(F)F)(C(C)C)C(C)C)cc2)[C@H](C)/C(C)=C(\C)C(=O)NO)cc1. The number of nitrogens with one attached hydrogen (secondary N) is 2. The van der Waals surface area contributed by atoms with E-state index in [0.29, 0.717) is 22.6 Å². The topological polar surface area (TPSA) is 115 Å². The first-order valence-electron chi connectivity index (χ1n) is 19.6. The number of methoxy groups -OCH3 is 1. The van der Waals surface area contributed by atoms with Crippen molar-refractivity contribution in [2.24, 2.45) is 5.92 Å². The van der Waals surface area contributed by atoms with Crippen LogP contribution in [0.2, 0.25) is 17.1 Å². The maximum absolute atomic E-state index is 15.0. The molecule has 0 aliphatic carbocycles. The van der Waals surface area contributed by atoms with E-state index < -0.39 is 117 Å². The molecule has 0 spiro atoms. The van der Waals surface area contributed by atoms with Gasteiger partial charge in [0.25, 0.3) is 5.91 Å². The van der Waals surface area contributed by atoms with Gasteiger partial charge in [0.05, 0.1) is 13.7 Å². The molecule has 0 heterocycles. The monoisotopic (exact) mass is 1020 g/mol. The van der Waals surface area contributed by atoms with Crippen LogP contribution in [0.5, 0.6) is 11.5 Å². The Balaban J connectivity index is 2.34. The molecule has 0 aliphatic heterocycles. The second kappa shape index (κ2) is 21.0. The Morgan fingerprint density at radius 1 is 0.642 bits per heavy atom. The molecule has 0 radical (unpaired) electrons. The van der Waals surface area contributed by atoms with E-state index in [9.17, 15) is 75.4 Å². The average Bonchev–Trinajstić information content (AvgIpc) is 3.23. The first-order valence-corrected chi connectivity index (χ1v) is 21.9. The van der Waals surface area contributed by atoms with Crippen LogP contribution in [-0.4, -0.2) is 93.5 Å². The summed E-state index contributed by atoms with van der Waals surface area (Å²) >= 11 is 0. The highest BCUT2D eigenvalue weighted by Gasteiger charge is 2.95. The predicted molar refractivity (Wildman–Crippen MR) is 207 cm³/mol. The van der Waals surface area contributed by atoms with Gasteiger partial charge in [-0.25, -0.2) is 10.3 Å². The molecule has 2 atom stereocenters. The number of benzene rings is 2. The van der Waals surface area contributed by atoms with E-state index in [-0.39, 0.29) is 11.3 Å². The summed E-state index contributed by atoms with van der Waals surface area (Å²) in [5.41, 5.74) is 0.823. The first kappa shape index (κ1) is 58.6. The van der Waals surface area contributed by atoms with E-state index in [2.05, 4.69) is 5.32 Å². The van der Waals surface area contributed by atoms with Crippen LogP contribution < -0.4 is 20.3 Å². The maximum Gasteiger partial charge on any atom is 0.460 e. The molecular formula is C40H47F17N2O7Si. The molecule has 3 N–H and O–H groups in total. The van der Waals surface area contributed by atoms with E-state index in [1.807, 2.05) is 0 Å². The zero-order valence-corrected chi connectivity index (χ0v) is 37.6. The van der Waals surface area contributed by atoms with Crippen molar-refractivity contribution in [2.75, 3.05) is 25.6 Å². The summed E-state index contributed by atoms with van der Waals surface area (Å²) in [4.78, 5) is 25.2. The van der Waals surface area contributed by atoms with Crippen molar-refractivity contribution in [3.8, 4) is 11.5 Å². The predicted octanol–water partition coefficient (Wildman–Crippen LogP) is 13.0. The molecule has 27 heteroatoms. The Morgan fingerprint density at radius 2 is 1.09 bits per heavy atom. The number of amides is 2. The van der Waals surface area contributed by atoms with Gasteiger partial charge in [-0.1, -0.05) is 52.3 Å². The Labute approximate surface area is 373 Å². The number of ether oxygens (including phenoxy) is 3. The van der Waals surface area contributed by atoms with Crippen molar-refractivity contribution in [1.82, 2.24) is 5.48 Å². The molecule has 0 unspecified atom stereocenters. The molecule has 0 saturated carbocycles. The minimum Gasteiger partial charge on any atom is -0.497 e. The normalized spacial score (nSPS) is 15.2. The molecule has 0 aromatic heterocycles. The quantitative estimate of drug-likeness (QED) is 0.0254. The summed E-state index contributed by atoms with van der Waals surface area (Å²) in [6.07, 6.45) is -12.5. The van der Waals surface area contributed by atoms with Crippen LogP contribution in [0.1, 0.15) is 66.6 Å². The third-order valence-corrected chi connectivity index (χ3v) is 16.9. The van der Waals surface area contributed by atoms with Crippen LogP contribution in [0.25, 0.3) is 0 Å². The summed E-state index contributed by atoms with van der Waals surface area (Å²) in [5.74, 6) is -57.9. The first-order chi connectivity index (χ1) is 30.3. The van der Waals surface area contributed by atoms with Gasteiger partial charge in [0.15, 0.2) is 8.32 Å². The zero-order valence-electron chi connectivity index (χ0n) is 36.6. The van der Waals surface area contributed by atoms with Crippen molar-refractivity contribution < 1.29 is 108 Å². The molecule has 2 amide bonds. The molecule has 67 heavy (non-hydrogen) atoms. The number of hydroxylamine groups is 1. The Morgan fingerprint density at radius 3 is 1.52 bits per heavy atom. The van der Waals surface area contributed by atoms with E-state index in [4.69, 9.17) is 23.8 Å². The second-order valence-electron chi connectivity index (χ2n) is 15.9. The van der Waals surface area contributed by atoms with Crippen LogP contribution >= 0.6 is 0 Å². The van der Waals surface area contributed by atoms with Crippen molar-refractivity contribution >= 4 is 26.0 Å². The largest absolute Gasteiger partial charge is 0.497 e. The average molecular weight is 1020 g/mol. The summed E-state index contributed by atoms with van der Waals surface area (Å²) in [6, 6.07) is 10.4. The van der Waals surface area contributed by atoms with E-state index >= 15 is 8.78 Å². The van der Waals surface area contributed by atoms with Crippen LogP contribution in [-0.2, 0) is 14.0 Å². The number of hydrogen-bond acceptors (Lipinski definition) is 7. The van der Waals surface area contributed by atoms with Gasteiger partial charge in [0.2, 0.25) is 0 Å². The van der Waals surface area contributed by atoms with Gasteiger partial charge >= 0.3 is 53.7 Å². The molecular weight excluding hydrogens is 971 g/mol. The van der Waals surface area contributed by atoms with Crippen LogP contribution in [0, 0.1) is 5.92 Å². The lowest BCUT2D eigenvalue weighted by molar-refractivity contribution is -0.461. The number of carbonyl (C=O) groups excluding carboxylic acids is 2. The number of anilines is 1. The maximum atomic E-state index is 15.0. The van der Waals surface area contributed by atoms with Gasteiger partial charge in [-0.15, -0.1) is 0 Å². The lowest BCUT2D eigenvalue weighted by Gasteiger charge is -2.44. The molecule has 2 aromatic carbocycles. The minimum absolute atomic E-state index is 0.0793. The van der Waals surface area contributed by atoms with Crippen LogP contribution in [0.4, 0.5) is 85.1 Å². The molecule has 382 valence electrons. The number of carbonyl (C=O) groups is 2. The smallest absolute Gasteiger partial charge is 0.460 e. The number of rotatable bonds is 23. The number of alkyl halides is 17. The van der Waals surface area contributed by atoms with Crippen molar-refractivity contribution in [3.63, 3.8) is 0 Å². The standard InChI is InChI=1S/C40H47F17N2O7Si/c1-21(2)67(22(3)4,20-17-33(41,42)34(43,44)35(45,46)36(47,48)37(49,50)38(51,52)39(53,54)40(55,56)57)65-19-18-64-29-13-9-26(10-14-29)30(24(6)23(5)25(7)31(60)59-62)66-32(61)58-27-11-15-28(63-8)16-12-27/h9-16,21-22,24,30,62H,17-20H2,1-8H3,(H,58,61)(H,59,60)/b25-23+/t24-,30+/m1/s1. The summed E-state index contributed by atoms with van der Waals surface area (Å²) in [6.45, 7) is 8.78. The van der Waals surface area contributed by atoms with Crippen molar-refractivity contribution in [1.29, 1.82) is 0 Å². The molecule has 2 rings (SSSR count). The fraction of sp³-hybridized carbons (Fsp3) is 0.600. The zero-order chi connectivity index (χ0) is 52.2. The van der Waals surface area contributed by atoms with Crippen LogP contribution in [0.15, 0.2) is 59.7 Å². The highest BCUT2D eigenvalue weighted by atomic mass is 28.4. The van der Waals surface area contributed by atoms with Gasteiger partial charge in [-0.05, 0) is 72.9 Å². The van der Waals surface area contributed by atoms with Gasteiger partial charge < -0.3 is 18.6 Å². The van der Waals surface area contributed by atoms with E-state index in [0.717, 1.165) is 0 Å². The fourth-order valence-corrected chi connectivity index (χ4v) is 11.2. The molecule has 2 aromatic rings. The van der Waals surface area contributed by atoms with Crippen molar-refractivity contribution in [3.05, 3.63) is 65.2 Å². The molecule has 0 bridgehead atoms. The van der Waals surface area contributed by atoms with Gasteiger partial charge in [0.1, 0.15) is 24.2 Å². The van der Waals surface area contributed by atoms with Gasteiger partial charge in [-0.2, -0.15) is 74.6 Å². The van der Waals surface area contributed by atoms with Crippen molar-refractivity contribution in [2.45, 2.75) is 126 Å². The Bertz CT molecular complexity index is 2010. The summed E-state index contributed by atoms with van der Waals surface area (Å²) < 4.78 is 258. The highest BCUT2D eigenvalue weighted by Crippen LogP contribution is 2.64. The number of halogens is 17. The van der Waals surface area contributed by atoms with Gasteiger partial charge in [-0.3, -0.25) is 15.3 Å². The lowest BCUT2D eigenvalue weighted by Crippen LogP contribution is -2.74. The second-order valence-corrected chi connectivity index (χ2v) is 20.9. The third-order valence-electron chi connectivity index (χ3n) is 11.2. The van der Waals surface area contributed by atoms with E-state index in [1.165, 1.54) is 83.6 Å². The summed E-state index contributed by atoms with van der Waals surface area (Å²) in [5, 5.41) is 11.7. The lowest BCUT2D eigenvalue weighted by atomic mass is 9.88. The Kier molecular flexibility index (Phi) is 18.4. The fourth-order valence-electron chi connectivity index (χ4n) is 6.73. The Hall–Kier alpha value is -4.53. The molecule has 9 nitrogen and oxygen atoms in total. The molecule has 0 saturated heterocycles.